The molecule has 1 saturated carbocycles. The fourth-order valence-corrected chi connectivity index (χ4v) is 3.72. The molecule has 0 aliphatic heterocycles. The number of methoxy groups -OCH3 is 1. The maximum absolute atomic E-state index is 11.1. The molecule has 5 nitrogen and oxygen atoms in total. The standard InChI is InChI=1S/C20H23NO4/c1-24-17-7-6-15(12-18(17)25-16-4-2-3-5-16)20(13-21)10-8-14(9-11-20)19(22)23/h6-8,12,16H,2-5,9-11H2,1H3,(H,22,23). The van der Waals surface area contributed by atoms with Gasteiger partial charge >= 0.3 is 5.97 Å². The highest BCUT2D eigenvalue weighted by molar-refractivity contribution is 5.86. The lowest BCUT2D eigenvalue weighted by Gasteiger charge is -2.30. The SMILES string of the molecule is COc1ccc(C2(C#N)CC=C(C(=O)O)CC2)cc1OC1CCCC1. The molecule has 0 bridgehead atoms. The number of hydrogen-bond donors (Lipinski definition) is 1. The highest BCUT2D eigenvalue weighted by atomic mass is 16.5. The van der Waals surface area contributed by atoms with Crippen LogP contribution in [0.4, 0.5) is 0 Å². The zero-order valence-electron chi connectivity index (χ0n) is 14.5. The largest absolute Gasteiger partial charge is 0.493 e. The molecule has 0 amide bonds. The number of nitrogens with zero attached hydrogens (tertiary/aromatic N) is 1. The van der Waals surface area contributed by atoms with Crippen LogP contribution in [0.3, 0.4) is 0 Å². The molecule has 2 aliphatic carbocycles. The Labute approximate surface area is 147 Å². The molecular formula is C20H23NO4. The van der Waals surface area contributed by atoms with Crippen LogP contribution >= 0.6 is 0 Å². The van der Waals surface area contributed by atoms with Crippen molar-refractivity contribution in [3.8, 4) is 17.6 Å². The van der Waals surface area contributed by atoms with E-state index in [1.165, 1.54) is 12.8 Å². The number of carboxylic acids is 1. The van der Waals surface area contributed by atoms with Gasteiger partial charge < -0.3 is 14.6 Å². The number of allylic oxidation sites excluding steroid dienone is 1. The molecule has 1 N–H and O–H groups in total. The Morgan fingerprint density at radius 3 is 2.64 bits per heavy atom. The van der Waals surface area contributed by atoms with E-state index in [-0.39, 0.29) is 6.10 Å². The highest BCUT2D eigenvalue weighted by Crippen LogP contribution is 2.42. The summed E-state index contributed by atoms with van der Waals surface area (Å²) in [6.45, 7) is 0. The summed E-state index contributed by atoms with van der Waals surface area (Å²) in [7, 11) is 1.61. The Morgan fingerprint density at radius 1 is 1.32 bits per heavy atom. The average molecular weight is 341 g/mol. The van der Waals surface area contributed by atoms with Crippen LogP contribution in [0.5, 0.6) is 11.5 Å². The molecule has 3 rings (SSSR count). The second kappa shape index (κ2) is 7.18. The molecule has 2 aliphatic rings. The van der Waals surface area contributed by atoms with Gasteiger partial charge in [-0.25, -0.2) is 4.79 Å². The number of benzene rings is 1. The molecule has 0 saturated heterocycles. The predicted molar refractivity (Wildman–Crippen MR) is 92.7 cm³/mol. The van der Waals surface area contributed by atoms with Crippen LogP contribution in [-0.2, 0) is 10.2 Å². The Morgan fingerprint density at radius 2 is 2.08 bits per heavy atom. The Kier molecular flexibility index (Phi) is 4.98. The van der Waals surface area contributed by atoms with Gasteiger partial charge in [0.05, 0.1) is 24.7 Å². The molecule has 5 heteroatoms. The van der Waals surface area contributed by atoms with Gasteiger partial charge in [-0.3, -0.25) is 0 Å². The number of carboxylic acid groups (broad SMARTS) is 1. The van der Waals surface area contributed by atoms with Gasteiger partial charge in [0, 0.05) is 5.57 Å². The monoisotopic (exact) mass is 341 g/mol. The maximum atomic E-state index is 11.1. The van der Waals surface area contributed by atoms with E-state index in [1.54, 1.807) is 13.2 Å². The van der Waals surface area contributed by atoms with E-state index < -0.39 is 11.4 Å². The molecule has 1 aromatic carbocycles. The summed E-state index contributed by atoms with van der Waals surface area (Å²) in [4.78, 5) is 11.1. The third-order valence-electron chi connectivity index (χ3n) is 5.32. The van der Waals surface area contributed by atoms with Gasteiger partial charge in [0.1, 0.15) is 0 Å². The van der Waals surface area contributed by atoms with Crippen molar-refractivity contribution < 1.29 is 19.4 Å². The zero-order valence-corrected chi connectivity index (χ0v) is 14.5. The summed E-state index contributed by atoms with van der Waals surface area (Å²) in [6.07, 6.45) is 7.62. The highest BCUT2D eigenvalue weighted by Gasteiger charge is 2.36. The van der Waals surface area contributed by atoms with Gasteiger partial charge in [-0.2, -0.15) is 5.26 Å². The fourth-order valence-electron chi connectivity index (χ4n) is 3.72. The molecule has 1 atom stereocenters. The molecule has 0 heterocycles. The van der Waals surface area contributed by atoms with Crippen LogP contribution in [-0.4, -0.2) is 24.3 Å². The maximum Gasteiger partial charge on any atom is 0.331 e. The van der Waals surface area contributed by atoms with Crippen LogP contribution in [0.2, 0.25) is 0 Å². The van der Waals surface area contributed by atoms with Crippen molar-refractivity contribution in [2.75, 3.05) is 7.11 Å². The van der Waals surface area contributed by atoms with Crippen molar-refractivity contribution in [2.45, 2.75) is 56.5 Å². The Bertz CT molecular complexity index is 728. The van der Waals surface area contributed by atoms with E-state index in [2.05, 4.69) is 6.07 Å². The molecule has 0 radical (unpaired) electrons. The van der Waals surface area contributed by atoms with Gasteiger partial charge in [-0.1, -0.05) is 12.1 Å². The third-order valence-corrected chi connectivity index (χ3v) is 5.32. The second-order valence-electron chi connectivity index (χ2n) is 6.82. The minimum absolute atomic E-state index is 0.201. The molecule has 1 unspecified atom stereocenters. The van der Waals surface area contributed by atoms with Crippen molar-refractivity contribution in [2.24, 2.45) is 0 Å². The molecule has 1 aromatic rings. The number of ether oxygens (including phenoxy) is 2. The lowest BCUT2D eigenvalue weighted by atomic mass is 9.71. The molecule has 0 aromatic heterocycles. The van der Waals surface area contributed by atoms with Crippen LogP contribution < -0.4 is 9.47 Å². The summed E-state index contributed by atoms with van der Waals surface area (Å²) >= 11 is 0. The molecular weight excluding hydrogens is 318 g/mol. The fraction of sp³-hybridized carbons (Fsp3) is 0.500. The topological polar surface area (TPSA) is 79.5 Å². The van der Waals surface area contributed by atoms with Crippen molar-refractivity contribution in [1.29, 1.82) is 5.26 Å². The van der Waals surface area contributed by atoms with E-state index >= 15 is 0 Å². The summed E-state index contributed by atoms with van der Waals surface area (Å²) in [6, 6.07) is 8.05. The number of rotatable bonds is 5. The average Bonchev–Trinajstić information content (AvgIpc) is 3.14. The molecule has 0 spiro atoms. The van der Waals surface area contributed by atoms with Gasteiger partial charge in [0.15, 0.2) is 11.5 Å². The van der Waals surface area contributed by atoms with Crippen molar-refractivity contribution in [1.82, 2.24) is 0 Å². The van der Waals surface area contributed by atoms with Crippen LogP contribution in [0, 0.1) is 11.3 Å². The van der Waals surface area contributed by atoms with E-state index in [4.69, 9.17) is 14.6 Å². The minimum atomic E-state index is -0.897. The van der Waals surface area contributed by atoms with Crippen molar-refractivity contribution >= 4 is 5.97 Å². The van der Waals surface area contributed by atoms with Gasteiger partial charge in [-0.15, -0.1) is 0 Å². The summed E-state index contributed by atoms with van der Waals surface area (Å²) in [5, 5.41) is 19.0. The van der Waals surface area contributed by atoms with Crippen LogP contribution in [0.1, 0.15) is 50.5 Å². The number of aliphatic carboxylic acids is 1. The molecule has 25 heavy (non-hydrogen) atoms. The number of carbonyl (C=O) groups is 1. The second-order valence-corrected chi connectivity index (χ2v) is 6.82. The van der Waals surface area contributed by atoms with Gasteiger partial charge in [0.25, 0.3) is 0 Å². The molecule has 1 fully saturated rings. The summed E-state index contributed by atoms with van der Waals surface area (Å²) in [5.74, 6) is 0.447. The number of nitriles is 1. The first-order valence-corrected chi connectivity index (χ1v) is 8.77. The van der Waals surface area contributed by atoms with Crippen molar-refractivity contribution in [3.63, 3.8) is 0 Å². The quantitative estimate of drug-likeness (QED) is 0.876. The van der Waals surface area contributed by atoms with E-state index in [1.807, 2.05) is 18.2 Å². The first kappa shape index (κ1) is 17.3. The minimum Gasteiger partial charge on any atom is -0.493 e. The van der Waals surface area contributed by atoms with Crippen LogP contribution in [0.25, 0.3) is 0 Å². The Hall–Kier alpha value is -2.48. The third kappa shape index (κ3) is 3.48. The van der Waals surface area contributed by atoms with Gasteiger partial charge in [-0.05, 0) is 62.6 Å². The first-order chi connectivity index (χ1) is 12.1. The van der Waals surface area contributed by atoms with Crippen molar-refractivity contribution in [3.05, 3.63) is 35.4 Å². The van der Waals surface area contributed by atoms with Crippen LogP contribution in [0.15, 0.2) is 29.8 Å². The summed E-state index contributed by atoms with van der Waals surface area (Å²) in [5.41, 5.74) is 0.547. The van der Waals surface area contributed by atoms with E-state index in [0.717, 1.165) is 18.4 Å². The van der Waals surface area contributed by atoms with E-state index in [0.29, 0.717) is 36.3 Å². The van der Waals surface area contributed by atoms with Gasteiger partial charge in [0.2, 0.25) is 0 Å². The lowest BCUT2D eigenvalue weighted by Crippen LogP contribution is -2.27. The first-order valence-electron chi connectivity index (χ1n) is 8.77. The van der Waals surface area contributed by atoms with E-state index in [9.17, 15) is 10.1 Å². The lowest BCUT2D eigenvalue weighted by molar-refractivity contribution is -0.132. The zero-order chi connectivity index (χ0) is 17.9. The Balaban J connectivity index is 1.90. The predicted octanol–water partition coefficient (Wildman–Crippen LogP) is 3.97. The molecule has 132 valence electrons. The normalized spacial score (nSPS) is 23.6. The number of hydrogen-bond acceptors (Lipinski definition) is 4. The summed E-state index contributed by atoms with van der Waals surface area (Å²) < 4.78 is 11.5. The smallest absolute Gasteiger partial charge is 0.331 e.